The molecule has 11 heteroatoms. The molecule has 0 spiro atoms. The predicted molar refractivity (Wildman–Crippen MR) is 120 cm³/mol. The highest BCUT2D eigenvalue weighted by molar-refractivity contribution is 5.99. The summed E-state index contributed by atoms with van der Waals surface area (Å²) >= 11 is 0. The van der Waals surface area contributed by atoms with E-state index in [1.165, 1.54) is 0 Å². The average molecular weight is 433 g/mol. The number of benzene rings is 1. The smallest absolute Gasteiger partial charge is 0.323 e. The minimum Gasteiger partial charge on any atom is -0.461 e. The van der Waals surface area contributed by atoms with Gasteiger partial charge < -0.3 is 23.9 Å². The first-order valence-corrected chi connectivity index (χ1v) is 10.4. The van der Waals surface area contributed by atoms with E-state index in [0.29, 0.717) is 51.4 Å². The first-order valence-electron chi connectivity index (χ1n) is 10.4. The van der Waals surface area contributed by atoms with Crippen molar-refractivity contribution in [1.29, 1.82) is 0 Å². The molecule has 164 valence electrons. The second-order valence-corrected chi connectivity index (χ2v) is 7.15. The van der Waals surface area contributed by atoms with E-state index in [9.17, 15) is 0 Å². The zero-order valence-corrected chi connectivity index (χ0v) is 17.4. The van der Waals surface area contributed by atoms with Crippen LogP contribution in [0.25, 0.3) is 10.9 Å². The normalized spacial score (nSPS) is 14.3. The lowest BCUT2D eigenvalue weighted by Gasteiger charge is -2.26. The molecule has 32 heavy (non-hydrogen) atoms. The second-order valence-electron chi connectivity index (χ2n) is 7.15. The van der Waals surface area contributed by atoms with Crippen LogP contribution in [0.2, 0.25) is 0 Å². The Morgan fingerprint density at radius 1 is 1.19 bits per heavy atom. The van der Waals surface area contributed by atoms with Crippen LogP contribution in [0.3, 0.4) is 0 Å². The summed E-state index contributed by atoms with van der Waals surface area (Å²) in [5.74, 6) is 0.848. The van der Waals surface area contributed by atoms with Crippen molar-refractivity contribution in [3.05, 3.63) is 54.7 Å². The number of nitrogens with one attached hydrogen (secondary N) is 2. The molecule has 4 heterocycles. The SMILES string of the molecule is C(=N/Nc1nc(OCCn2ccnc2)nc(N2CCOCC2)n1)/c1c[nH]c2ccccc12. The molecule has 0 bridgehead atoms. The molecule has 1 aromatic carbocycles. The van der Waals surface area contributed by atoms with E-state index in [1.807, 2.05) is 46.1 Å². The molecule has 1 aliphatic heterocycles. The molecule has 1 fully saturated rings. The Morgan fingerprint density at radius 2 is 2.09 bits per heavy atom. The largest absolute Gasteiger partial charge is 0.461 e. The van der Waals surface area contributed by atoms with Crippen molar-refractivity contribution in [2.75, 3.05) is 43.2 Å². The molecule has 4 aromatic rings. The van der Waals surface area contributed by atoms with Gasteiger partial charge in [-0.1, -0.05) is 18.2 Å². The number of para-hydroxylation sites is 1. The highest BCUT2D eigenvalue weighted by Gasteiger charge is 2.17. The number of nitrogens with zero attached hydrogens (tertiary/aromatic N) is 7. The Balaban J connectivity index is 1.32. The van der Waals surface area contributed by atoms with Crippen LogP contribution in [-0.2, 0) is 11.3 Å². The van der Waals surface area contributed by atoms with Gasteiger partial charge in [-0.15, -0.1) is 0 Å². The topological polar surface area (TPSA) is 118 Å². The van der Waals surface area contributed by atoms with Crippen molar-refractivity contribution in [3.63, 3.8) is 0 Å². The number of ether oxygens (including phenoxy) is 2. The molecule has 2 N–H and O–H groups in total. The van der Waals surface area contributed by atoms with Gasteiger partial charge in [0.1, 0.15) is 6.61 Å². The monoisotopic (exact) mass is 433 g/mol. The van der Waals surface area contributed by atoms with E-state index in [-0.39, 0.29) is 6.01 Å². The molecule has 0 unspecified atom stereocenters. The third kappa shape index (κ3) is 4.67. The number of imidazole rings is 1. The third-order valence-corrected chi connectivity index (χ3v) is 5.03. The van der Waals surface area contributed by atoms with Crippen molar-refractivity contribution < 1.29 is 9.47 Å². The van der Waals surface area contributed by atoms with E-state index in [4.69, 9.17) is 9.47 Å². The highest BCUT2D eigenvalue weighted by Crippen LogP contribution is 2.18. The fourth-order valence-electron chi connectivity index (χ4n) is 3.39. The maximum absolute atomic E-state index is 5.80. The number of rotatable bonds is 8. The Kier molecular flexibility index (Phi) is 5.88. The van der Waals surface area contributed by atoms with E-state index in [2.05, 4.69) is 35.4 Å². The molecule has 1 saturated heterocycles. The summed E-state index contributed by atoms with van der Waals surface area (Å²) in [7, 11) is 0. The number of anilines is 2. The van der Waals surface area contributed by atoms with Gasteiger partial charge in [0.05, 0.1) is 32.3 Å². The summed E-state index contributed by atoms with van der Waals surface area (Å²) in [6, 6.07) is 8.29. The fraction of sp³-hybridized carbons (Fsp3) is 0.286. The van der Waals surface area contributed by atoms with Crippen LogP contribution in [0.15, 0.2) is 54.3 Å². The summed E-state index contributed by atoms with van der Waals surface area (Å²) in [5.41, 5.74) is 4.93. The maximum atomic E-state index is 5.80. The standard InChI is InChI=1S/C21H23N9O2/c1-2-4-18-17(3-1)16(13-23-18)14-24-28-19-25-20(30-8-10-31-11-9-30)27-21(26-19)32-12-7-29-6-5-22-15-29/h1-6,13-15,23H,7-12H2,(H,25,26,27,28)/b24-14-. The minimum atomic E-state index is 0.242. The zero-order valence-electron chi connectivity index (χ0n) is 17.4. The van der Waals surface area contributed by atoms with Gasteiger partial charge in [0.15, 0.2) is 0 Å². The number of hydrogen-bond donors (Lipinski definition) is 2. The lowest BCUT2D eigenvalue weighted by Crippen LogP contribution is -2.37. The van der Waals surface area contributed by atoms with Crippen molar-refractivity contribution in [2.45, 2.75) is 6.54 Å². The average Bonchev–Trinajstić information content (AvgIpc) is 3.50. The molecule has 11 nitrogen and oxygen atoms in total. The number of aromatic nitrogens is 6. The summed E-state index contributed by atoms with van der Waals surface area (Å²) in [5, 5.41) is 5.41. The number of morpholine rings is 1. The number of H-pyrrole nitrogens is 1. The van der Waals surface area contributed by atoms with Crippen molar-refractivity contribution in [3.8, 4) is 6.01 Å². The summed E-state index contributed by atoms with van der Waals surface area (Å²) in [6.07, 6.45) is 8.99. The van der Waals surface area contributed by atoms with Crippen LogP contribution in [-0.4, -0.2) is 68.6 Å². The van der Waals surface area contributed by atoms with Crippen molar-refractivity contribution in [2.24, 2.45) is 5.10 Å². The minimum absolute atomic E-state index is 0.242. The summed E-state index contributed by atoms with van der Waals surface area (Å²) < 4.78 is 13.2. The van der Waals surface area contributed by atoms with Gasteiger partial charge in [-0.05, 0) is 6.07 Å². The summed E-state index contributed by atoms with van der Waals surface area (Å²) in [4.78, 5) is 22.7. The molecule has 0 amide bonds. The Hall–Kier alpha value is -3.99. The van der Waals surface area contributed by atoms with Crippen LogP contribution in [0.5, 0.6) is 6.01 Å². The van der Waals surface area contributed by atoms with E-state index < -0.39 is 0 Å². The third-order valence-electron chi connectivity index (χ3n) is 5.03. The lowest BCUT2D eigenvalue weighted by atomic mass is 10.2. The van der Waals surface area contributed by atoms with E-state index >= 15 is 0 Å². The molecular weight excluding hydrogens is 410 g/mol. The van der Waals surface area contributed by atoms with Gasteiger partial charge in [-0.3, -0.25) is 0 Å². The predicted octanol–water partition coefficient (Wildman–Crippen LogP) is 1.91. The van der Waals surface area contributed by atoms with Crippen LogP contribution >= 0.6 is 0 Å². The number of aromatic amines is 1. The molecular formula is C21H23N9O2. The number of hydrogen-bond acceptors (Lipinski definition) is 9. The van der Waals surface area contributed by atoms with Crippen LogP contribution in [0.1, 0.15) is 5.56 Å². The Labute approximate surface area is 184 Å². The van der Waals surface area contributed by atoms with Gasteiger partial charge in [-0.2, -0.15) is 20.1 Å². The van der Waals surface area contributed by atoms with Crippen molar-refractivity contribution in [1.82, 2.24) is 29.5 Å². The quantitative estimate of drug-likeness (QED) is 0.320. The van der Waals surface area contributed by atoms with Gasteiger partial charge in [0.2, 0.25) is 5.95 Å². The molecule has 0 atom stereocenters. The van der Waals surface area contributed by atoms with E-state index in [0.717, 1.165) is 16.5 Å². The van der Waals surface area contributed by atoms with Crippen LogP contribution < -0.4 is 15.1 Å². The Morgan fingerprint density at radius 3 is 2.97 bits per heavy atom. The van der Waals surface area contributed by atoms with Gasteiger partial charge in [0, 0.05) is 48.1 Å². The van der Waals surface area contributed by atoms with Gasteiger partial charge in [0.25, 0.3) is 5.95 Å². The van der Waals surface area contributed by atoms with Crippen molar-refractivity contribution >= 4 is 29.0 Å². The van der Waals surface area contributed by atoms with Crippen LogP contribution in [0, 0.1) is 0 Å². The molecule has 5 rings (SSSR count). The molecule has 0 aliphatic carbocycles. The Bertz CT molecular complexity index is 1180. The van der Waals surface area contributed by atoms with E-state index in [1.54, 1.807) is 18.7 Å². The second kappa shape index (κ2) is 9.43. The first-order chi connectivity index (χ1) is 15.8. The maximum Gasteiger partial charge on any atom is 0.323 e. The molecule has 3 aromatic heterocycles. The lowest BCUT2D eigenvalue weighted by molar-refractivity contribution is 0.122. The highest BCUT2D eigenvalue weighted by atomic mass is 16.5. The zero-order chi connectivity index (χ0) is 21.6. The number of hydrazone groups is 1. The summed E-state index contributed by atoms with van der Waals surface area (Å²) in [6.45, 7) is 3.71. The van der Waals surface area contributed by atoms with Gasteiger partial charge in [-0.25, -0.2) is 10.4 Å². The fourth-order valence-corrected chi connectivity index (χ4v) is 3.39. The first kappa shape index (κ1) is 19.9. The molecule has 0 radical (unpaired) electrons. The molecule has 0 saturated carbocycles. The van der Waals surface area contributed by atoms with Crippen LogP contribution in [0.4, 0.5) is 11.9 Å². The molecule has 1 aliphatic rings. The number of fused-ring (bicyclic) bond motifs is 1. The van der Waals surface area contributed by atoms with Gasteiger partial charge >= 0.3 is 6.01 Å².